The molecule has 0 unspecified atom stereocenters. The minimum Gasteiger partial charge on any atom is -0.345 e. The predicted molar refractivity (Wildman–Crippen MR) is 108 cm³/mol. The van der Waals surface area contributed by atoms with Gasteiger partial charge in [0.25, 0.3) is 5.91 Å². The van der Waals surface area contributed by atoms with E-state index in [-0.39, 0.29) is 18.4 Å². The molecular formula is C22H20F4N4O2. The number of alkyl halides is 3. The number of aromatic amines is 1. The fourth-order valence-corrected chi connectivity index (χ4v) is 4.00. The lowest BCUT2D eigenvalue weighted by molar-refractivity contribution is -0.173. The molecule has 3 heterocycles. The smallest absolute Gasteiger partial charge is 0.345 e. The van der Waals surface area contributed by atoms with Crippen molar-refractivity contribution in [3.05, 3.63) is 65.2 Å². The summed E-state index contributed by atoms with van der Waals surface area (Å²) in [4.78, 5) is 32.8. The number of aromatic nitrogens is 2. The summed E-state index contributed by atoms with van der Waals surface area (Å²) in [6, 6.07) is 7.60. The molecule has 10 heteroatoms. The molecule has 1 aliphatic rings. The normalized spacial score (nSPS) is 15.2. The third-order valence-electron chi connectivity index (χ3n) is 5.67. The van der Waals surface area contributed by atoms with Gasteiger partial charge in [0.05, 0.1) is 5.56 Å². The Morgan fingerprint density at radius 2 is 1.94 bits per heavy atom. The number of fused-ring (bicyclic) bond motifs is 1. The van der Waals surface area contributed by atoms with E-state index < -0.39 is 17.9 Å². The zero-order valence-electron chi connectivity index (χ0n) is 16.9. The highest BCUT2D eigenvalue weighted by molar-refractivity contribution is 6.05. The van der Waals surface area contributed by atoms with Crippen molar-refractivity contribution in [1.29, 1.82) is 0 Å². The van der Waals surface area contributed by atoms with Crippen LogP contribution in [0.4, 0.5) is 17.6 Å². The number of hydrogen-bond donors (Lipinski definition) is 2. The van der Waals surface area contributed by atoms with Crippen LogP contribution in [-0.4, -0.2) is 45.9 Å². The molecule has 1 aromatic carbocycles. The summed E-state index contributed by atoms with van der Waals surface area (Å²) in [6.07, 6.45) is -0.674. The molecule has 2 amide bonds. The van der Waals surface area contributed by atoms with Crippen LogP contribution in [0.15, 0.2) is 42.7 Å². The summed E-state index contributed by atoms with van der Waals surface area (Å²) in [7, 11) is 0. The lowest BCUT2D eigenvalue weighted by atomic mass is 9.88. The second-order valence-electron chi connectivity index (χ2n) is 7.70. The van der Waals surface area contributed by atoms with E-state index in [1.807, 2.05) is 6.07 Å². The maximum Gasteiger partial charge on any atom is 0.471 e. The second-order valence-corrected chi connectivity index (χ2v) is 7.70. The standard InChI is InChI=1S/C22H20F4N4O2/c23-18-4-3-13(11-29-21(32)22(24,25)26)10-16(18)14-5-8-30(9-6-14)20(31)17-12-28-19-15(17)2-1-7-27-19/h1-4,7,10,12,14H,5-6,8-9,11H2,(H,27,28)(H,29,32). The number of pyridine rings is 1. The van der Waals surface area contributed by atoms with Gasteiger partial charge >= 0.3 is 12.1 Å². The average molecular weight is 448 g/mol. The van der Waals surface area contributed by atoms with Crippen LogP contribution in [0.2, 0.25) is 0 Å². The Morgan fingerprint density at radius 3 is 2.66 bits per heavy atom. The van der Waals surface area contributed by atoms with Crippen molar-refractivity contribution in [2.75, 3.05) is 13.1 Å². The largest absolute Gasteiger partial charge is 0.471 e. The number of carbonyl (C=O) groups excluding carboxylic acids is 2. The molecule has 0 radical (unpaired) electrons. The van der Waals surface area contributed by atoms with E-state index >= 15 is 0 Å². The molecule has 168 valence electrons. The number of benzene rings is 1. The molecule has 0 spiro atoms. The molecule has 0 aliphatic carbocycles. The Labute approximate surface area is 180 Å². The number of nitrogens with one attached hydrogen (secondary N) is 2. The first-order valence-corrected chi connectivity index (χ1v) is 10.1. The van der Waals surface area contributed by atoms with Crippen LogP contribution in [0.5, 0.6) is 0 Å². The van der Waals surface area contributed by atoms with Gasteiger partial charge in [0.2, 0.25) is 0 Å². The Morgan fingerprint density at radius 1 is 1.19 bits per heavy atom. The number of rotatable bonds is 4. The van der Waals surface area contributed by atoms with Crippen LogP contribution in [0.3, 0.4) is 0 Å². The number of likely N-dealkylation sites (tertiary alicyclic amines) is 1. The van der Waals surface area contributed by atoms with Gasteiger partial charge in [0.1, 0.15) is 11.5 Å². The van der Waals surface area contributed by atoms with Gasteiger partial charge in [0, 0.05) is 37.4 Å². The van der Waals surface area contributed by atoms with E-state index in [0.717, 1.165) is 5.39 Å². The number of halogens is 4. The highest BCUT2D eigenvalue weighted by atomic mass is 19.4. The highest BCUT2D eigenvalue weighted by Gasteiger charge is 2.38. The number of nitrogens with zero attached hydrogens (tertiary/aromatic N) is 2. The van der Waals surface area contributed by atoms with E-state index in [4.69, 9.17) is 0 Å². The molecule has 1 aliphatic heterocycles. The van der Waals surface area contributed by atoms with Crippen molar-refractivity contribution < 1.29 is 27.2 Å². The monoisotopic (exact) mass is 448 g/mol. The van der Waals surface area contributed by atoms with Crippen molar-refractivity contribution in [2.45, 2.75) is 31.5 Å². The van der Waals surface area contributed by atoms with E-state index in [1.165, 1.54) is 18.2 Å². The van der Waals surface area contributed by atoms with Gasteiger partial charge in [-0.25, -0.2) is 9.37 Å². The molecule has 1 fully saturated rings. The maximum atomic E-state index is 14.4. The second kappa shape index (κ2) is 8.60. The topological polar surface area (TPSA) is 78.1 Å². The van der Waals surface area contributed by atoms with Crippen molar-refractivity contribution in [2.24, 2.45) is 0 Å². The van der Waals surface area contributed by atoms with Gasteiger partial charge in [-0.15, -0.1) is 0 Å². The van der Waals surface area contributed by atoms with Crippen LogP contribution >= 0.6 is 0 Å². The Kier molecular flexibility index (Phi) is 5.86. The Hall–Kier alpha value is -3.43. The lowest BCUT2D eigenvalue weighted by Gasteiger charge is -2.32. The molecule has 3 aromatic rings. The van der Waals surface area contributed by atoms with Crippen LogP contribution in [0.1, 0.15) is 40.2 Å². The fraction of sp³-hybridized carbons (Fsp3) is 0.318. The van der Waals surface area contributed by atoms with E-state index in [1.54, 1.807) is 28.7 Å². The van der Waals surface area contributed by atoms with Crippen LogP contribution in [0, 0.1) is 5.82 Å². The SMILES string of the molecule is O=C(c1c[nH]c2ncccc12)N1CCC(c2cc(CNC(=O)C(F)(F)F)ccc2F)CC1. The first-order chi connectivity index (χ1) is 15.2. The first-order valence-electron chi connectivity index (χ1n) is 10.1. The number of amides is 2. The lowest BCUT2D eigenvalue weighted by Crippen LogP contribution is -2.38. The molecule has 6 nitrogen and oxygen atoms in total. The third kappa shape index (κ3) is 4.44. The molecule has 1 saturated heterocycles. The van der Waals surface area contributed by atoms with Crippen molar-refractivity contribution in [1.82, 2.24) is 20.2 Å². The van der Waals surface area contributed by atoms with Crippen LogP contribution in [-0.2, 0) is 11.3 Å². The third-order valence-corrected chi connectivity index (χ3v) is 5.67. The zero-order valence-corrected chi connectivity index (χ0v) is 16.9. The Balaban J connectivity index is 1.41. The van der Waals surface area contributed by atoms with Gasteiger partial charge < -0.3 is 15.2 Å². The van der Waals surface area contributed by atoms with Gasteiger partial charge in [0.15, 0.2) is 0 Å². The molecule has 0 bridgehead atoms. The molecule has 0 saturated carbocycles. The average Bonchev–Trinajstić information content (AvgIpc) is 3.21. The number of hydrogen-bond acceptors (Lipinski definition) is 3. The van der Waals surface area contributed by atoms with E-state index in [2.05, 4.69) is 9.97 Å². The molecule has 2 N–H and O–H groups in total. The first kappa shape index (κ1) is 21.8. The number of piperidine rings is 1. The van der Waals surface area contributed by atoms with Crippen LogP contribution in [0.25, 0.3) is 11.0 Å². The van der Waals surface area contributed by atoms with Gasteiger partial charge in [-0.3, -0.25) is 9.59 Å². The minimum atomic E-state index is -4.97. The zero-order chi connectivity index (χ0) is 22.9. The Bertz CT molecular complexity index is 1150. The highest BCUT2D eigenvalue weighted by Crippen LogP contribution is 2.31. The summed E-state index contributed by atoms with van der Waals surface area (Å²) in [5.74, 6) is -2.81. The van der Waals surface area contributed by atoms with E-state index in [0.29, 0.717) is 48.3 Å². The molecular weight excluding hydrogens is 428 g/mol. The van der Waals surface area contributed by atoms with Gasteiger partial charge in [-0.05, 0) is 48.1 Å². The van der Waals surface area contributed by atoms with Crippen molar-refractivity contribution in [3.63, 3.8) is 0 Å². The molecule has 0 atom stereocenters. The summed E-state index contributed by atoms with van der Waals surface area (Å²) >= 11 is 0. The minimum absolute atomic E-state index is 0.133. The summed E-state index contributed by atoms with van der Waals surface area (Å²) < 4.78 is 51.5. The summed E-state index contributed by atoms with van der Waals surface area (Å²) in [5.41, 5.74) is 1.92. The maximum absolute atomic E-state index is 14.4. The fourth-order valence-electron chi connectivity index (χ4n) is 4.00. The van der Waals surface area contributed by atoms with Gasteiger partial charge in [-0.1, -0.05) is 12.1 Å². The molecule has 32 heavy (non-hydrogen) atoms. The summed E-state index contributed by atoms with van der Waals surface area (Å²) in [6.45, 7) is 0.493. The number of carbonyl (C=O) groups is 2. The quantitative estimate of drug-likeness (QED) is 0.595. The van der Waals surface area contributed by atoms with Crippen LogP contribution < -0.4 is 5.32 Å². The predicted octanol–water partition coefficient (Wildman–Crippen LogP) is 3.90. The molecule has 4 rings (SSSR count). The van der Waals surface area contributed by atoms with E-state index in [9.17, 15) is 27.2 Å². The van der Waals surface area contributed by atoms with Crippen molar-refractivity contribution in [3.8, 4) is 0 Å². The van der Waals surface area contributed by atoms with Gasteiger partial charge in [-0.2, -0.15) is 13.2 Å². The van der Waals surface area contributed by atoms with Crippen molar-refractivity contribution >= 4 is 22.8 Å². The number of H-pyrrole nitrogens is 1. The summed E-state index contributed by atoms with van der Waals surface area (Å²) in [5, 5.41) is 2.53. The molecule has 2 aromatic heterocycles.